The summed E-state index contributed by atoms with van der Waals surface area (Å²) in [4.78, 5) is 9.95. The van der Waals surface area contributed by atoms with Crippen LogP contribution in [0.5, 0.6) is 0 Å². The molecule has 0 aromatic carbocycles. The molecule has 0 spiro atoms. The maximum atomic E-state index is 11.6. The first-order chi connectivity index (χ1) is 6.67. The maximum absolute atomic E-state index is 11.6. The van der Waals surface area contributed by atoms with Gasteiger partial charge in [0.1, 0.15) is 0 Å². The van der Waals surface area contributed by atoms with Crippen LogP contribution < -0.4 is 5.32 Å². The van der Waals surface area contributed by atoms with Gasteiger partial charge in [-0.05, 0) is 12.8 Å². The van der Waals surface area contributed by atoms with E-state index in [1.54, 1.807) is 0 Å². The van der Waals surface area contributed by atoms with E-state index in [9.17, 15) is 13.2 Å². The van der Waals surface area contributed by atoms with Crippen LogP contribution in [0, 0.1) is 0 Å². The quantitative estimate of drug-likeness (QED) is 0.504. The topological polar surface area (TPSA) is 66.5 Å². The molecule has 1 aliphatic heterocycles. The minimum absolute atomic E-state index is 0.00569. The molecule has 5 nitrogen and oxygen atoms in total. The normalized spacial score (nSPS) is 19.1. The largest absolute Gasteiger partial charge is 0.358 e. The molecular weight excluding hydrogens is 204 g/mol. The number of amides is 1. The summed E-state index contributed by atoms with van der Waals surface area (Å²) in [6, 6.07) is 0. The van der Waals surface area contributed by atoms with Gasteiger partial charge in [0.05, 0.1) is 5.75 Å². The fourth-order valence-electron chi connectivity index (χ4n) is 1.52. The van der Waals surface area contributed by atoms with Crippen LogP contribution in [0.25, 0.3) is 0 Å². The Hall–Kier alpha value is -0.620. The van der Waals surface area contributed by atoms with Crippen LogP contribution >= 0.6 is 0 Å². The highest BCUT2D eigenvalue weighted by atomic mass is 32.2. The summed E-state index contributed by atoms with van der Waals surface area (Å²) in [7, 11) is -3.14. The monoisotopic (exact) mass is 220 g/mol. The van der Waals surface area contributed by atoms with Crippen LogP contribution in [0.2, 0.25) is 0 Å². The standard InChI is InChI=1S/C8H16N2O3S/c11-8-9-4-7-14(12,13)10-5-2-1-3-6-10/h8H,1-7H2,(H,9,11). The molecule has 1 rings (SSSR count). The second kappa shape index (κ2) is 5.31. The van der Waals surface area contributed by atoms with Crippen molar-refractivity contribution in [2.75, 3.05) is 25.4 Å². The van der Waals surface area contributed by atoms with Crippen LogP contribution in [0.15, 0.2) is 0 Å². The zero-order valence-corrected chi connectivity index (χ0v) is 8.92. The molecule has 82 valence electrons. The Labute approximate surface area is 84.5 Å². The molecule has 0 unspecified atom stereocenters. The van der Waals surface area contributed by atoms with Crippen LogP contribution in [0.4, 0.5) is 0 Å². The van der Waals surface area contributed by atoms with Crippen molar-refractivity contribution in [1.82, 2.24) is 9.62 Å². The summed E-state index contributed by atoms with van der Waals surface area (Å²) in [6.07, 6.45) is 3.52. The number of piperidine rings is 1. The molecular formula is C8H16N2O3S. The third kappa shape index (κ3) is 3.26. The Morgan fingerprint density at radius 3 is 2.43 bits per heavy atom. The number of rotatable bonds is 5. The lowest BCUT2D eigenvalue weighted by atomic mass is 10.2. The molecule has 0 aromatic rings. The molecule has 14 heavy (non-hydrogen) atoms. The van der Waals surface area contributed by atoms with E-state index >= 15 is 0 Å². The van der Waals surface area contributed by atoms with Gasteiger partial charge in [0.2, 0.25) is 16.4 Å². The predicted molar refractivity (Wildman–Crippen MR) is 53.3 cm³/mol. The van der Waals surface area contributed by atoms with Gasteiger partial charge in [0.25, 0.3) is 0 Å². The summed E-state index contributed by atoms with van der Waals surface area (Å²) in [6.45, 7) is 1.45. The highest BCUT2D eigenvalue weighted by Gasteiger charge is 2.22. The van der Waals surface area contributed by atoms with Gasteiger partial charge in [0.15, 0.2) is 0 Å². The minimum Gasteiger partial charge on any atom is -0.358 e. The first-order valence-electron chi connectivity index (χ1n) is 4.81. The molecule has 1 heterocycles. The van der Waals surface area contributed by atoms with Gasteiger partial charge in [-0.1, -0.05) is 6.42 Å². The minimum atomic E-state index is -3.14. The van der Waals surface area contributed by atoms with E-state index in [0.29, 0.717) is 19.5 Å². The number of nitrogens with zero attached hydrogens (tertiary/aromatic N) is 1. The van der Waals surface area contributed by atoms with Crippen LogP contribution in [0.1, 0.15) is 19.3 Å². The Bertz CT molecular complexity index is 270. The Balaban J connectivity index is 2.42. The van der Waals surface area contributed by atoms with E-state index in [0.717, 1.165) is 19.3 Å². The van der Waals surface area contributed by atoms with Crippen molar-refractivity contribution >= 4 is 16.4 Å². The average molecular weight is 220 g/mol. The number of carbonyl (C=O) groups is 1. The third-order valence-corrected chi connectivity index (χ3v) is 4.17. The van der Waals surface area contributed by atoms with E-state index in [1.807, 2.05) is 0 Å². The van der Waals surface area contributed by atoms with Gasteiger partial charge < -0.3 is 5.32 Å². The summed E-state index contributed by atoms with van der Waals surface area (Å²) < 4.78 is 24.8. The summed E-state index contributed by atoms with van der Waals surface area (Å²) >= 11 is 0. The summed E-state index contributed by atoms with van der Waals surface area (Å²) in [5, 5.41) is 2.36. The maximum Gasteiger partial charge on any atom is 0.215 e. The number of sulfonamides is 1. The molecule has 1 fully saturated rings. The average Bonchev–Trinajstić information content (AvgIpc) is 2.19. The van der Waals surface area contributed by atoms with E-state index in [1.165, 1.54) is 4.31 Å². The predicted octanol–water partition coefficient (Wildman–Crippen LogP) is -0.452. The van der Waals surface area contributed by atoms with Crippen LogP contribution in [-0.4, -0.2) is 44.5 Å². The fourth-order valence-corrected chi connectivity index (χ4v) is 2.97. The van der Waals surface area contributed by atoms with Gasteiger partial charge in [0, 0.05) is 19.6 Å². The molecule has 6 heteroatoms. The lowest BCUT2D eigenvalue weighted by Crippen LogP contribution is -2.39. The Kier molecular flexibility index (Phi) is 4.34. The van der Waals surface area contributed by atoms with Crippen molar-refractivity contribution in [2.45, 2.75) is 19.3 Å². The molecule has 0 aliphatic carbocycles. The van der Waals surface area contributed by atoms with E-state index in [-0.39, 0.29) is 12.3 Å². The number of hydrogen-bond donors (Lipinski definition) is 1. The first kappa shape index (κ1) is 11.5. The van der Waals surface area contributed by atoms with Gasteiger partial charge in [-0.2, -0.15) is 0 Å². The lowest BCUT2D eigenvalue weighted by molar-refractivity contribution is -0.109. The summed E-state index contributed by atoms with van der Waals surface area (Å²) in [5.41, 5.74) is 0. The number of hydrogen-bond acceptors (Lipinski definition) is 3. The molecule has 1 N–H and O–H groups in total. The first-order valence-corrected chi connectivity index (χ1v) is 6.42. The molecule has 0 bridgehead atoms. The number of nitrogens with one attached hydrogen (secondary N) is 1. The molecule has 0 aromatic heterocycles. The van der Waals surface area contributed by atoms with Gasteiger partial charge in [-0.3, -0.25) is 4.79 Å². The van der Waals surface area contributed by atoms with Crippen molar-refractivity contribution in [2.24, 2.45) is 0 Å². The van der Waals surface area contributed by atoms with Crippen LogP contribution in [-0.2, 0) is 14.8 Å². The SMILES string of the molecule is O=CNCCS(=O)(=O)N1CCCCC1. The zero-order valence-electron chi connectivity index (χ0n) is 8.11. The van der Waals surface area contributed by atoms with E-state index in [4.69, 9.17) is 0 Å². The van der Waals surface area contributed by atoms with Gasteiger partial charge in [-0.15, -0.1) is 0 Å². The fraction of sp³-hybridized carbons (Fsp3) is 0.875. The van der Waals surface area contributed by atoms with Gasteiger partial charge in [-0.25, -0.2) is 12.7 Å². The smallest absolute Gasteiger partial charge is 0.215 e. The van der Waals surface area contributed by atoms with Crippen LogP contribution in [0.3, 0.4) is 0 Å². The van der Waals surface area contributed by atoms with E-state index in [2.05, 4.69) is 5.32 Å². The van der Waals surface area contributed by atoms with Crippen molar-refractivity contribution in [3.63, 3.8) is 0 Å². The van der Waals surface area contributed by atoms with Gasteiger partial charge >= 0.3 is 0 Å². The lowest BCUT2D eigenvalue weighted by Gasteiger charge is -2.25. The Morgan fingerprint density at radius 1 is 1.21 bits per heavy atom. The van der Waals surface area contributed by atoms with Crippen molar-refractivity contribution in [1.29, 1.82) is 0 Å². The van der Waals surface area contributed by atoms with Crippen molar-refractivity contribution < 1.29 is 13.2 Å². The Morgan fingerprint density at radius 2 is 1.86 bits per heavy atom. The second-order valence-electron chi connectivity index (χ2n) is 3.35. The molecule has 1 amide bonds. The third-order valence-electron chi connectivity index (χ3n) is 2.30. The molecule has 1 saturated heterocycles. The van der Waals surface area contributed by atoms with Crippen molar-refractivity contribution in [3.05, 3.63) is 0 Å². The highest BCUT2D eigenvalue weighted by Crippen LogP contribution is 2.12. The van der Waals surface area contributed by atoms with Crippen molar-refractivity contribution in [3.8, 4) is 0 Å². The molecule has 0 radical (unpaired) electrons. The molecule has 0 saturated carbocycles. The second-order valence-corrected chi connectivity index (χ2v) is 5.44. The van der Waals surface area contributed by atoms with E-state index < -0.39 is 10.0 Å². The summed E-state index contributed by atoms with van der Waals surface area (Å²) in [5.74, 6) is 0.00569. The molecule has 1 aliphatic rings. The molecule has 0 atom stereocenters. The zero-order chi connectivity index (χ0) is 10.4. The highest BCUT2D eigenvalue weighted by molar-refractivity contribution is 7.89. The number of carbonyl (C=O) groups excluding carboxylic acids is 1.